The summed E-state index contributed by atoms with van der Waals surface area (Å²) in [5, 5.41) is 10.6. The maximum atomic E-state index is 13.4. The summed E-state index contributed by atoms with van der Waals surface area (Å²) in [4.78, 5) is 30.3. The van der Waals surface area contributed by atoms with Gasteiger partial charge in [-0.3, -0.25) is 9.69 Å². The number of esters is 1. The van der Waals surface area contributed by atoms with E-state index in [1.54, 1.807) is 4.90 Å². The van der Waals surface area contributed by atoms with E-state index in [9.17, 15) is 14.7 Å². The van der Waals surface area contributed by atoms with Crippen LogP contribution in [0.5, 0.6) is 0 Å². The van der Waals surface area contributed by atoms with Gasteiger partial charge in [0.25, 0.3) is 0 Å². The quantitative estimate of drug-likeness (QED) is 0.601. The highest BCUT2D eigenvalue weighted by Gasteiger charge is 2.50. The summed E-state index contributed by atoms with van der Waals surface area (Å²) in [5.74, 6) is -0.435. The number of anilines is 1. The number of nitrogens with zero attached hydrogens (tertiary/aromatic N) is 2. The molecule has 1 unspecified atom stereocenters. The number of aliphatic hydroxyl groups is 1. The molecular formula is C26H34N2O4. The van der Waals surface area contributed by atoms with E-state index in [4.69, 9.17) is 4.74 Å². The number of para-hydroxylation sites is 1. The van der Waals surface area contributed by atoms with Crippen LogP contribution in [-0.2, 0) is 14.3 Å². The molecule has 1 N–H and O–H groups in total. The van der Waals surface area contributed by atoms with Crippen LogP contribution in [-0.4, -0.2) is 53.7 Å². The van der Waals surface area contributed by atoms with Crippen molar-refractivity contribution in [2.75, 3.05) is 31.1 Å². The molecule has 32 heavy (non-hydrogen) atoms. The van der Waals surface area contributed by atoms with Crippen LogP contribution in [0.4, 0.5) is 5.69 Å². The van der Waals surface area contributed by atoms with E-state index in [2.05, 4.69) is 4.90 Å². The SMILES string of the molecule is CCCOC(=O)C1(N(C(=O)CC)c2ccccc2)CCN(CC(O)c2ccccc2)CC1. The van der Waals surface area contributed by atoms with Gasteiger partial charge in [0, 0.05) is 31.7 Å². The van der Waals surface area contributed by atoms with E-state index >= 15 is 0 Å². The smallest absolute Gasteiger partial charge is 0.332 e. The molecular weight excluding hydrogens is 404 g/mol. The van der Waals surface area contributed by atoms with E-state index in [-0.39, 0.29) is 11.9 Å². The van der Waals surface area contributed by atoms with Gasteiger partial charge in [-0.05, 0) is 37.0 Å². The lowest BCUT2D eigenvalue weighted by atomic mass is 9.84. The Kier molecular flexibility index (Phi) is 8.42. The molecule has 172 valence electrons. The molecule has 1 saturated heterocycles. The van der Waals surface area contributed by atoms with E-state index in [1.165, 1.54) is 0 Å². The highest BCUT2D eigenvalue weighted by Crippen LogP contribution is 2.36. The summed E-state index contributed by atoms with van der Waals surface area (Å²) in [6, 6.07) is 19.0. The molecule has 2 aromatic carbocycles. The maximum Gasteiger partial charge on any atom is 0.332 e. The van der Waals surface area contributed by atoms with Crippen molar-refractivity contribution in [1.29, 1.82) is 0 Å². The van der Waals surface area contributed by atoms with Gasteiger partial charge in [-0.1, -0.05) is 62.4 Å². The summed E-state index contributed by atoms with van der Waals surface area (Å²) >= 11 is 0. The molecule has 1 aliphatic rings. The largest absolute Gasteiger partial charge is 0.464 e. The van der Waals surface area contributed by atoms with Crippen LogP contribution in [0.1, 0.15) is 51.2 Å². The van der Waals surface area contributed by atoms with Crippen LogP contribution in [0.25, 0.3) is 0 Å². The zero-order chi connectivity index (χ0) is 23.0. The van der Waals surface area contributed by atoms with Gasteiger partial charge in [-0.15, -0.1) is 0 Å². The number of piperidine rings is 1. The number of hydrogen-bond acceptors (Lipinski definition) is 5. The van der Waals surface area contributed by atoms with Gasteiger partial charge >= 0.3 is 5.97 Å². The maximum absolute atomic E-state index is 13.4. The van der Waals surface area contributed by atoms with E-state index in [0.717, 1.165) is 12.0 Å². The third-order valence-corrected chi connectivity index (χ3v) is 6.11. The second kappa shape index (κ2) is 11.2. The molecule has 0 aliphatic carbocycles. The van der Waals surface area contributed by atoms with Crippen molar-refractivity contribution in [2.24, 2.45) is 0 Å². The van der Waals surface area contributed by atoms with Gasteiger partial charge in [-0.2, -0.15) is 0 Å². The van der Waals surface area contributed by atoms with Gasteiger partial charge in [0.1, 0.15) is 5.54 Å². The number of hydrogen-bond donors (Lipinski definition) is 1. The second-order valence-corrected chi connectivity index (χ2v) is 8.31. The number of likely N-dealkylation sites (tertiary alicyclic amines) is 1. The Labute approximate surface area is 190 Å². The number of aliphatic hydroxyl groups excluding tert-OH is 1. The number of benzene rings is 2. The van der Waals surface area contributed by atoms with E-state index < -0.39 is 11.6 Å². The molecule has 6 heteroatoms. The lowest BCUT2D eigenvalue weighted by Gasteiger charge is -2.47. The number of ether oxygens (including phenoxy) is 1. The Morgan fingerprint density at radius 2 is 1.62 bits per heavy atom. The molecule has 0 radical (unpaired) electrons. The van der Waals surface area contributed by atoms with Gasteiger partial charge in [-0.25, -0.2) is 4.79 Å². The summed E-state index contributed by atoms with van der Waals surface area (Å²) in [6.07, 6.45) is 1.34. The number of carbonyl (C=O) groups excluding carboxylic acids is 2. The molecule has 1 amide bonds. The van der Waals surface area contributed by atoms with Gasteiger partial charge in [0.2, 0.25) is 5.91 Å². The predicted octanol–water partition coefficient (Wildman–Crippen LogP) is 3.95. The van der Waals surface area contributed by atoms with Crippen LogP contribution in [0.2, 0.25) is 0 Å². The number of amides is 1. The van der Waals surface area contributed by atoms with Crippen LogP contribution in [0.3, 0.4) is 0 Å². The first-order valence-electron chi connectivity index (χ1n) is 11.5. The Morgan fingerprint density at radius 3 is 2.19 bits per heavy atom. The van der Waals surface area contributed by atoms with Crippen LogP contribution >= 0.6 is 0 Å². The summed E-state index contributed by atoms with van der Waals surface area (Å²) in [7, 11) is 0. The van der Waals surface area contributed by atoms with Crippen molar-refractivity contribution in [2.45, 2.75) is 51.2 Å². The standard InChI is InChI=1S/C26H34N2O4/c1-3-19-32-25(31)26(28(24(30)4-2)22-13-9-6-10-14-22)15-17-27(18-16-26)20-23(29)21-11-7-5-8-12-21/h5-14,23,29H,3-4,15-20H2,1-2H3. The lowest BCUT2D eigenvalue weighted by Crippen LogP contribution is -2.63. The van der Waals surface area contributed by atoms with E-state index in [0.29, 0.717) is 51.2 Å². The first-order valence-corrected chi connectivity index (χ1v) is 11.5. The molecule has 0 bridgehead atoms. The fraction of sp³-hybridized carbons (Fsp3) is 0.462. The summed E-state index contributed by atoms with van der Waals surface area (Å²) < 4.78 is 5.62. The Morgan fingerprint density at radius 1 is 1.03 bits per heavy atom. The molecule has 1 fully saturated rings. The van der Waals surface area contributed by atoms with Crippen molar-refractivity contribution < 1.29 is 19.4 Å². The zero-order valence-electron chi connectivity index (χ0n) is 19.1. The molecule has 3 rings (SSSR count). The van der Waals surface area contributed by atoms with Gasteiger partial charge < -0.3 is 14.7 Å². The average Bonchev–Trinajstić information content (AvgIpc) is 2.84. The minimum atomic E-state index is -1.04. The van der Waals surface area contributed by atoms with Crippen molar-refractivity contribution >= 4 is 17.6 Å². The number of rotatable bonds is 9. The van der Waals surface area contributed by atoms with Crippen molar-refractivity contribution in [3.05, 3.63) is 66.2 Å². The Balaban J connectivity index is 1.83. The molecule has 1 atom stereocenters. The van der Waals surface area contributed by atoms with Crippen molar-refractivity contribution in [1.82, 2.24) is 4.90 Å². The van der Waals surface area contributed by atoms with Crippen LogP contribution in [0, 0.1) is 0 Å². The Bertz CT molecular complexity index is 864. The zero-order valence-corrected chi connectivity index (χ0v) is 19.1. The highest BCUT2D eigenvalue weighted by molar-refractivity contribution is 6.02. The van der Waals surface area contributed by atoms with Gasteiger partial charge in [0.05, 0.1) is 12.7 Å². The van der Waals surface area contributed by atoms with Gasteiger partial charge in [0.15, 0.2) is 0 Å². The predicted molar refractivity (Wildman–Crippen MR) is 125 cm³/mol. The monoisotopic (exact) mass is 438 g/mol. The molecule has 0 spiro atoms. The third kappa shape index (κ3) is 5.37. The third-order valence-electron chi connectivity index (χ3n) is 6.11. The summed E-state index contributed by atoms with van der Waals surface area (Å²) in [6.45, 7) is 5.77. The Hall–Kier alpha value is -2.70. The first kappa shape index (κ1) is 24.0. The van der Waals surface area contributed by atoms with Crippen molar-refractivity contribution in [3.8, 4) is 0 Å². The number of β-amino-alcohol motifs (C(OH)–C–C–N with tert-alkyl or cyclic N) is 1. The molecule has 0 saturated carbocycles. The number of carbonyl (C=O) groups is 2. The fourth-order valence-corrected chi connectivity index (χ4v) is 4.34. The normalized spacial score (nSPS) is 16.8. The topological polar surface area (TPSA) is 70.1 Å². The van der Waals surface area contributed by atoms with E-state index in [1.807, 2.05) is 74.5 Å². The first-order chi connectivity index (χ1) is 15.5. The second-order valence-electron chi connectivity index (χ2n) is 8.31. The molecule has 1 aliphatic heterocycles. The molecule has 2 aromatic rings. The minimum Gasteiger partial charge on any atom is -0.464 e. The molecule has 6 nitrogen and oxygen atoms in total. The highest BCUT2D eigenvalue weighted by atomic mass is 16.5. The van der Waals surface area contributed by atoms with Crippen molar-refractivity contribution in [3.63, 3.8) is 0 Å². The average molecular weight is 439 g/mol. The molecule has 0 aromatic heterocycles. The van der Waals surface area contributed by atoms with Crippen LogP contribution in [0.15, 0.2) is 60.7 Å². The fourth-order valence-electron chi connectivity index (χ4n) is 4.34. The van der Waals surface area contributed by atoms with Crippen LogP contribution < -0.4 is 4.90 Å². The lowest BCUT2D eigenvalue weighted by molar-refractivity contribution is -0.154. The minimum absolute atomic E-state index is 0.0950. The summed E-state index contributed by atoms with van der Waals surface area (Å²) in [5.41, 5.74) is 0.544. The molecule has 1 heterocycles.